The monoisotopic (exact) mass is 444 g/mol. The van der Waals surface area contributed by atoms with E-state index in [1.165, 1.54) is 13.0 Å². The number of hydrogen-bond acceptors (Lipinski definition) is 5. The number of benzene rings is 1. The van der Waals surface area contributed by atoms with Crippen molar-refractivity contribution in [1.29, 1.82) is 0 Å². The average molecular weight is 446 g/mol. The van der Waals surface area contributed by atoms with Crippen LogP contribution in [-0.4, -0.2) is 35.1 Å². The smallest absolute Gasteiger partial charge is 0.282 e. The van der Waals surface area contributed by atoms with E-state index in [0.717, 1.165) is 18.2 Å². The quantitative estimate of drug-likeness (QED) is 0.401. The van der Waals surface area contributed by atoms with Crippen molar-refractivity contribution in [2.45, 2.75) is 22.1 Å². The summed E-state index contributed by atoms with van der Waals surface area (Å²) in [5.74, 6) is -0.771. The van der Waals surface area contributed by atoms with Crippen molar-refractivity contribution in [2.24, 2.45) is 4.40 Å². The molecule has 12 heteroatoms. The summed E-state index contributed by atoms with van der Waals surface area (Å²) in [5.41, 5.74) is -0.860. The Morgan fingerprint density at radius 2 is 1.88 bits per heavy atom. The lowest BCUT2D eigenvalue weighted by Gasteiger charge is -2.31. The molecular weight excluding hydrogens is 438 g/mol. The van der Waals surface area contributed by atoms with Gasteiger partial charge in [-0.15, -0.1) is 23.2 Å². The Morgan fingerprint density at radius 3 is 2.44 bits per heavy atom. The summed E-state index contributed by atoms with van der Waals surface area (Å²) in [5, 5.41) is 8.47. The Hall–Kier alpha value is -1.19. The fourth-order valence-electron chi connectivity index (χ4n) is 1.94. The topological polar surface area (TPSA) is 107 Å². The van der Waals surface area contributed by atoms with Crippen LogP contribution >= 0.6 is 46.4 Å². The van der Waals surface area contributed by atoms with Gasteiger partial charge >= 0.3 is 0 Å². The van der Waals surface area contributed by atoms with Crippen molar-refractivity contribution in [2.75, 3.05) is 0 Å². The Labute approximate surface area is 162 Å². The number of ketones is 1. The Morgan fingerprint density at radius 1 is 1.28 bits per heavy atom. The number of nitrogens with zero attached hydrogens (tertiary/aromatic N) is 2. The number of halogens is 4. The molecule has 2 unspecified atom stereocenters. The lowest BCUT2D eigenvalue weighted by Crippen LogP contribution is -2.47. The molecule has 0 bridgehead atoms. The molecule has 0 saturated heterocycles. The van der Waals surface area contributed by atoms with Crippen LogP contribution in [0.15, 0.2) is 43.6 Å². The van der Waals surface area contributed by atoms with E-state index >= 15 is 0 Å². The molecule has 0 amide bonds. The fraction of sp³-hybridized carbons (Fsp3) is 0.231. The molecule has 0 aromatic heterocycles. The Kier molecular flexibility index (Phi) is 5.51. The third-order valence-corrected chi connectivity index (χ3v) is 6.59. The van der Waals surface area contributed by atoms with Crippen LogP contribution in [0, 0.1) is 10.1 Å². The normalized spacial score (nSPS) is 26.2. The van der Waals surface area contributed by atoms with Crippen LogP contribution in [0.2, 0.25) is 0 Å². The van der Waals surface area contributed by atoms with E-state index < -0.39 is 57.3 Å². The van der Waals surface area contributed by atoms with Gasteiger partial charge in [0.2, 0.25) is 0 Å². The molecule has 2 atom stereocenters. The van der Waals surface area contributed by atoms with E-state index in [1.807, 2.05) is 0 Å². The van der Waals surface area contributed by atoms with Crippen molar-refractivity contribution < 1.29 is 18.1 Å². The van der Waals surface area contributed by atoms with Crippen LogP contribution in [-0.2, 0) is 14.8 Å². The lowest BCUT2D eigenvalue weighted by atomic mass is 9.91. The molecule has 134 valence electrons. The standard InChI is InChI=1S/C13H8Cl4N2O5S/c1-13(17)11(16)10(8(14)9(15)12(13)20)18-25(23,24)7-4-2-3-6(5-7)19(21)22/h2-5,11H,1H3/b18-10+. The van der Waals surface area contributed by atoms with Crippen molar-refractivity contribution >= 4 is 73.6 Å². The minimum atomic E-state index is -4.42. The lowest BCUT2D eigenvalue weighted by molar-refractivity contribution is -0.385. The maximum atomic E-state index is 12.4. The highest BCUT2D eigenvalue weighted by Crippen LogP contribution is 2.40. The minimum absolute atomic E-state index is 0.420. The molecule has 0 saturated carbocycles. The summed E-state index contributed by atoms with van der Waals surface area (Å²) >= 11 is 23.8. The summed E-state index contributed by atoms with van der Waals surface area (Å²) < 4.78 is 28.4. The maximum Gasteiger partial charge on any atom is 0.282 e. The van der Waals surface area contributed by atoms with Gasteiger partial charge in [0.05, 0.1) is 20.6 Å². The zero-order valence-corrected chi connectivity index (χ0v) is 16.1. The first-order valence-electron chi connectivity index (χ1n) is 6.42. The molecule has 0 aliphatic heterocycles. The highest BCUT2D eigenvalue weighted by atomic mass is 35.5. The van der Waals surface area contributed by atoms with Gasteiger partial charge in [-0.1, -0.05) is 29.3 Å². The summed E-state index contributed by atoms with van der Waals surface area (Å²) in [6.45, 7) is 1.25. The van der Waals surface area contributed by atoms with Crippen molar-refractivity contribution in [1.82, 2.24) is 0 Å². The Bertz CT molecular complexity index is 939. The van der Waals surface area contributed by atoms with Crippen molar-refractivity contribution in [3.8, 4) is 0 Å². The van der Waals surface area contributed by atoms with Crippen LogP contribution < -0.4 is 0 Å². The van der Waals surface area contributed by atoms with Crippen LogP contribution in [0.4, 0.5) is 5.69 Å². The van der Waals surface area contributed by atoms with E-state index in [2.05, 4.69) is 4.40 Å². The second-order valence-electron chi connectivity index (χ2n) is 5.10. The molecule has 0 heterocycles. The van der Waals surface area contributed by atoms with Gasteiger partial charge in [0.1, 0.15) is 15.3 Å². The molecule has 0 radical (unpaired) electrons. The molecule has 0 fully saturated rings. The summed E-state index contributed by atoms with van der Waals surface area (Å²) in [6, 6.07) is 4.25. The first-order chi connectivity index (χ1) is 11.4. The third kappa shape index (κ3) is 3.68. The molecular formula is C13H8Cl4N2O5S. The number of carbonyl (C=O) groups excluding carboxylic acids is 1. The third-order valence-electron chi connectivity index (χ3n) is 3.32. The largest absolute Gasteiger partial charge is 0.291 e. The van der Waals surface area contributed by atoms with Crippen LogP contribution in [0.1, 0.15) is 6.92 Å². The number of non-ortho nitro benzene ring substituents is 1. The van der Waals surface area contributed by atoms with E-state index in [4.69, 9.17) is 46.4 Å². The molecule has 1 aromatic rings. The number of nitro groups is 1. The van der Waals surface area contributed by atoms with E-state index in [9.17, 15) is 23.3 Å². The number of nitro benzene ring substituents is 1. The minimum Gasteiger partial charge on any atom is -0.291 e. The van der Waals surface area contributed by atoms with Crippen molar-refractivity contribution in [3.05, 3.63) is 44.4 Å². The molecule has 1 aliphatic carbocycles. The zero-order valence-electron chi connectivity index (χ0n) is 12.2. The molecule has 7 nitrogen and oxygen atoms in total. The van der Waals surface area contributed by atoms with Gasteiger partial charge in [0.15, 0.2) is 5.78 Å². The van der Waals surface area contributed by atoms with Gasteiger partial charge in [-0.05, 0) is 13.0 Å². The van der Waals surface area contributed by atoms with Gasteiger partial charge < -0.3 is 0 Å². The second-order valence-corrected chi connectivity index (χ2v) is 8.68. The van der Waals surface area contributed by atoms with Crippen LogP contribution in [0.3, 0.4) is 0 Å². The number of hydrogen-bond donors (Lipinski definition) is 0. The predicted octanol–water partition coefficient (Wildman–Crippen LogP) is 3.60. The number of rotatable bonds is 3. The van der Waals surface area contributed by atoms with Crippen molar-refractivity contribution in [3.63, 3.8) is 0 Å². The van der Waals surface area contributed by atoms with E-state index in [-0.39, 0.29) is 0 Å². The number of sulfonamides is 1. The van der Waals surface area contributed by atoms with Gasteiger partial charge in [-0.2, -0.15) is 12.8 Å². The fourth-order valence-corrected chi connectivity index (χ4v) is 4.21. The van der Waals surface area contributed by atoms with Gasteiger partial charge in [-0.3, -0.25) is 14.9 Å². The van der Waals surface area contributed by atoms with Crippen LogP contribution in [0.5, 0.6) is 0 Å². The Balaban J connectivity index is 2.63. The van der Waals surface area contributed by atoms with Gasteiger partial charge in [-0.25, -0.2) is 0 Å². The summed E-state index contributed by atoms with van der Waals surface area (Å²) in [4.78, 5) is 19.8. The maximum absolute atomic E-state index is 12.4. The first-order valence-corrected chi connectivity index (χ1v) is 9.43. The number of carbonyl (C=O) groups is 1. The number of allylic oxidation sites excluding steroid dienone is 2. The number of Topliss-reactive ketones (excluding diaryl/α,β-unsaturated/α-hetero) is 1. The van der Waals surface area contributed by atoms with Crippen LogP contribution in [0.25, 0.3) is 0 Å². The first kappa shape index (κ1) is 20.1. The predicted molar refractivity (Wildman–Crippen MR) is 95.4 cm³/mol. The molecule has 1 aliphatic rings. The number of alkyl halides is 2. The summed E-state index contributed by atoms with van der Waals surface area (Å²) in [6.07, 6.45) is 0. The zero-order chi connectivity index (χ0) is 19.2. The SMILES string of the molecule is CC1(Cl)C(=O)C(Cl)=C(Cl)/C(=N\S(=O)(=O)c2cccc([N+](=O)[O-])c2)C1Cl. The van der Waals surface area contributed by atoms with Gasteiger partial charge in [0.25, 0.3) is 15.7 Å². The summed E-state index contributed by atoms with van der Waals surface area (Å²) in [7, 11) is -4.42. The highest BCUT2D eigenvalue weighted by molar-refractivity contribution is 7.90. The van der Waals surface area contributed by atoms with E-state index in [1.54, 1.807) is 0 Å². The highest BCUT2D eigenvalue weighted by Gasteiger charge is 2.49. The van der Waals surface area contributed by atoms with E-state index in [0.29, 0.717) is 0 Å². The molecule has 1 aromatic carbocycles. The second kappa shape index (κ2) is 6.85. The average Bonchev–Trinajstić information content (AvgIpc) is 2.56. The molecule has 2 rings (SSSR count). The molecule has 0 spiro atoms. The molecule has 0 N–H and O–H groups in total. The van der Waals surface area contributed by atoms with Gasteiger partial charge in [0, 0.05) is 12.1 Å². The molecule has 25 heavy (non-hydrogen) atoms.